The number of aliphatic hydroxyl groups is 1. The van der Waals surface area contributed by atoms with Gasteiger partial charge in [-0.1, -0.05) is 13.0 Å². The third-order valence-corrected chi connectivity index (χ3v) is 7.93. The van der Waals surface area contributed by atoms with Crippen LogP contribution in [-0.2, 0) is 19.6 Å². The van der Waals surface area contributed by atoms with Crippen molar-refractivity contribution in [1.82, 2.24) is 20.2 Å². The van der Waals surface area contributed by atoms with Gasteiger partial charge in [-0.15, -0.1) is 0 Å². The van der Waals surface area contributed by atoms with Gasteiger partial charge in [-0.25, -0.2) is 9.97 Å². The number of nitrogens with zero attached hydrogens (tertiary/aromatic N) is 4. The topological polar surface area (TPSA) is 116 Å². The van der Waals surface area contributed by atoms with E-state index in [4.69, 9.17) is 14.1 Å². The summed E-state index contributed by atoms with van der Waals surface area (Å²) in [5.74, 6) is 2.84. The molecule has 1 unspecified atom stereocenters. The van der Waals surface area contributed by atoms with Gasteiger partial charge in [-0.05, 0) is 74.4 Å². The van der Waals surface area contributed by atoms with Crippen molar-refractivity contribution < 1.29 is 19.1 Å². The molecule has 1 aromatic carbocycles. The molecule has 1 atom stereocenters. The minimum atomic E-state index is -0.676. The van der Waals surface area contributed by atoms with Crippen LogP contribution in [0, 0.1) is 6.92 Å². The molecule has 10 nitrogen and oxygen atoms in total. The van der Waals surface area contributed by atoms with Crippen LogP contribution < -0.4 is 20.3 Å². The minimum absolute atomic E-state index is 0.184. The first-order valence-corrected chi connectivity index (χ1v) is 14.7. The predicted octanol–water partition coefficient (Wildman–Crippen LogP) is 3.92. The van der Waals surface area contributed by atoms with Crippen molar-refractivity contribution in [3.63, 3.8) is 0 Å². The number of amides is 1. The molecular weight excluding hydrogens is 520 g/mol. The number of anilines is 2. The van der Waals surface area contributed by atoms with Crippen molar-refractivity contribution in [2.75, 3.05) is 43.4 Å². The fourth-order valence-corrected chi connectivity index (χ4v) is 5.25. The third kappa shape index (κ3) is 7.56. The number of oxazole rings is 1. The Hall–Kier alpha value is -3.63. The molecule has 3 N–H and O–H groups in total. The van der Waals surface area contributed by atoms with Crippen LogP contribution in [0.1, 0.15) is 65.5 Å². The van der Waals surface area contributed by atoms with Crippen LogP contribution in [0.15, 0.2) is 41.1 Å². The molecule has 10 heteroatoms. The first kappa shape index (κ1) is 28.9. The molecule has 5 rings (SSSR count). The number of nitrogens with one attached hydrogen (secondary N) is 2. The average molecular weight is 563 g/mol. The number of aliphatic hydroxyl groups excluding tert-OH is 1. The van der Waals surface area contributed by atoms with Crippen molar-refractivity contribution in [3.05, 3.63) is 64.9 Å². The Labute approximate surface area is 242 Å². The molecule has 1 fully saturated rings. The van der Waals surface area contributed by atoms with Gasteiger partial charge in [0.2, 0.25) is 0 Å². The Kier molecular flexibility index (Phi) is 9.41. The molecule has 3 heterocycles. The zero-order valence-electron chi connectivity index (χ0n) is 24.4. The van der Waals surface area contributed by atoms with E-state index < -0.39 is 6.10 Å². The smallest absolute Gasteiger partial charge is 0.251 e. The monoisotopic (exact) mass is 562 g/mol. The summed E-state index contributed by atoms with van der Waals surface area (Å²) in [6, 6.07) is 10.2. The van der Waals surface area contributed by atoms with Crippen molar-refractivity contribution in [3.8, 4) is 5.75 Å². The number of fused-ring (bicyclic) bond motifs is 1. The van der Waals surface area contributed by atoms with Crippen LogP contribution in [0.4, 0.5) is 11.6 Å². The molecule has 1 saturated carbocycles. The number of β-amino-alcohol motifs (C(OH)–C–C–N with tert-alkyl or cyclic N) is 1. The highest BCUT2D eigenvalue weighted by Crippen LogP contribution is 2.26. The SMILES string of the molecule is CCCN(C)c1cc(C(=O)NCC(O)CN2CCc3cc(OCc4ocnc4C)ccc3C2)cc(NC2CCC2)n1. The molecule has 0 bridgehead atoms. The molecule has 3 aromatic rings. The van der Waals surface area contributed by atoms with E-state index in [0.717, 1.165) is 74.2 Å². The second kappa shape index (κ2) is 13.4. The van der Waals surface area contributed by atoms with Gasteiger partial charge >= 0.3 is 0 Å². The van der Waals surface area contributed by atoms with Crippen LogP contribution in [0.25, 0.3) is 0 Å². The van der Waals surface area contributed by atoms with Gasteiger partial charge < -0.3 is 29.8 Å². The van der Waals surface area contributed by atoms with E-state index in [9.17, 15) is 9.90 Å². The van der Waals surface area contributed by atoms with E-state index in [-0.39, 0.29) is 12.5 Å². The molecule has 1 aliphatic heterocycles. The largest absolute Gasteiger partial charge is 0.486 e. The Morgan fingerprint density at radius 2 is 2.12 bits per heavy atom. The van der Waals surface area contributed by atoms with Crippen LogP contribution in [0.3, 0.4) is 0 Å². The fourth-order valence-electron chi connectivity index (χ4n) is 5.25. The lowest BCUT2D eigenvalue weighted by Crippen LogP contribution is -2.42. The average Bonchev–Trinajstić information content (AvgIpc) is 3.36. The Balaban J connectivity index is 1.12. The minimum Gasteiger partial charge on any atom is -0.486 e. The fraction of sp³-hybridized carbons (Fsp3) is 0.516. The molecule has 1 aliphatic carbocycles. The van der Waals surface area contributed by atoms with Crippen LogP contribution in [0.2, 0.25) is 0 Å². The Morgan fingerprint density at radius 3 is 2.85 bits per heavy atom. The summed E-state index contributed by atoms with van der Waals surface area (Å²) in [4.78, 5) is 26.2. The lowest BCUT2D eigenvalue weighted by atomic mass is 9.93. The molecule has 0 spiro atoms. The molecule has 2 aliphatic rings. The number of benzene rings is 1. The number of carbonyl (C=O) groups is 1. The summed E-state index contributed by atoms with van der Waals surface area (Å²) in [6.07, 6.45) is 6.10. The maximum Gasteiger partial charge on any atom is 0.251 e. The van der Waals surface area contributed by atoms with Crippen molar-refractivity contribution in [2.24, 2.45) is 0 Å². The van der Waals surface area contributed by atoms with Gasteiger partial charge in [0, 0.05) is 51.4 Å². The third-order valence-electron chi connectivity index (χ3n) is 7.93. The highest BCUT2D eigenvalue weighted by Gasteiger charge is 2.22. The number of pyridine rings is 1. The van der Waals surface area contributed by atoms with Crippen LogP contribution >= 0.6 is 0 Å². The van der Waals surface area contributed by atoms with Gasteiger partial charge in [0.15, 0.2) is 12.2 Å². The predicted molar refractivity (Wildman–Crippen MR) is 158 cm³/mol. The summed E-state index contributed by atoms with van der Waals surface area (Å²) in [5.41, 5.74) is 3.87. The van der Waals surface area contributed by atoms with E-state index in [1.807, 2.05) is 32.2 Å². The lowest BCUT2D eigenvalue weighted by Gasteiger charge is -2.30. The van der Waals surface area contributed by atoms with E-state index in [1.165, 1.54) is 23.9 Å². The molecule has 220 valence electrons. The second-order valence-electron chi connectivity index (χ2n) is 11.2. The molecule has 0 radical (unpaired) electrons. The van der Waals surface area contributed by atoms with Crippen molar-refractivity contribution in [2.45, 2.75) is 71.2 Å². The highest BCUT2D eigenvalue weighted by molar-refractivity contribution is 5.95. The van der Waals surface area contributed by atoms with Crippen molar-refractivity contribution >= 4 is 17.5 Å². The van der Waals surface area contributed by atoms with Gasteiger partial charge in [0.1, 0.15) is 24.0 Å². The first-order valence-electron chi connectivity index (χ1n) is 14.7. The van der Waals surface area contributed by atoms with Gasteiger partial charge in [0.25, 0.3) is 5.91 Å². The number of hydrogen-bond donors (Lipinski definition) is 3. The van der Waals surface area contributed by atoms with Crippen molar-refractivity contribution in [1.29, 1.82) is 0 Å². The van der Waals surface area contributed by atoms with Gasteiger partial charge in [-0.3, -0.25) is 9.69 Å². The molecule has 1 amide bonds. The van der Waals surface area contributed by atoms with Crippen LogP contribution in [-0.4, -0.2) is 71.3 Å². The Morgan fingerprint density at radius 1 is 1.27 bits per heavy atom. The molecular formula is C31H42N6O4. The Bertz CT molecular complexity index is 1320. The standard InChI is InChI=1S/C31H42N6O4/c1-4-11-36(3)30-15-24(14-29(35-30)34-25-6-5-7-25)31(39)32-16-26(38)18-37-12-10-22-13-27(9-8-23(22)17-37)40-19-28-21(2)33-20-41-28/h8-9,13-15,20,25-26,38H,4-7,10-12,16-19H2,1-3H3,(H,32,39)(H,34,35). The molecule has 0 saturated heterocycles. The summed E-state index contributed by atoms with van der Waals surface area (Å²) in [7, 11) is 1.99. The summed E-state index contributed by atoms with van der Waals surface area (Å²) < 4.78 is 11.3. The number of hydrogen-bond acceptors (Lipinski definition) is 9. The second-order valence-corrected chi connectivity index (χ2v) is 11.2. The maximum atomic E-state index is 13.1. The van der Waals surface area contributed by atoms with E-state index in [0.29, 0.717) is 24.8 Å². The van der Waals surface area contributed by atoms with Gasteiger partial charge in [0.05, 0.1) is 11.8 Å². The van der Waals surface area contributed by atoms with Crippen LogP contribution in [0.5, 0.6) is 5.75 Å². The maximum absolute atomic E-state index is 13.1. The summed E-state index contributed by atoms with van der Waals surface area (Å²) >= 11 is 0. The zero-order chi connectivity index (χ0) is 28.8. The first-order chi connectivity index (χ1) is 19.9. The van der Waals surface area contributed by atoms with E-state index >= 15 is 0 Å². The quantitative estimate of drug-likeness (QED) is 0.285. The summed E-state index contributed by atoms with van der Waals surface area (Å²) in [6.45, 7) is 7.47. The molecule has 2 aromatic heterocycles. The number of rotatable bonds is 13. The number of carbonyl (C=O) groups excluding carboxylic acids is 1. The number of aryl methyl sites for hydroxylation is 1. The molecule has 41 heavy (non-hydrogen) atoms. The highest BCUT2D eigenvalue weighted by atomic mass is 16.5. The normalized spacial score (nSPS) is 16.0. The van der Waals surface area contributed by atoms with E-state index in [2.05, 4.69) is 44.5 Å². The zero-order valence-corrected chi connectivity index (χ0v) is 24.4. The van der Waals surface area contributed by atoms with E-state index in [1.54, 1.807) is 0 Å². The number of aromatic nitrogens is 2. The number of ether oxygens (including phenoxy) is 1. The summed E-state index contributed by atoms with van der Waals surface area (Å²) in [5, 5.41) is 17.2. The van der Waals surface area contributed by atoms with Gasteiger partial charge in [-0.2, -0.15) is 0 Å². The lowest BCUT2D eigenvalue weighted by molar-refractivity contribution is 0.0841.